The Balaban J connectivity index is 1.96. The normalized spacial score (nSPS) is 10.2. The summed E-state index contributed by atoms with van der Waals surface area (Å²) in [4.78, 5) is 21.7. The summed E-state index contributed by atoms with van der Waals surface area (Å²) < 4.78 is 5.41. The minimum atomic E-state index is -0.800. The van der Waals surface area contributed by atoms with Crippen LogP contribution in [0, 0.1) is 0 Å². The fourth-order valence-corrected chi connectivity index (χ4v) is 1.65. The number of hydrogen-bond donors (Lipinski definition) is 2. The quantitative estimate of drug-likeness (QED) is 0.642. The van der Waals surface area contributed by atoms with E-state index in [-0.39, 0.29) is 12.3 Å². The predicted molar refractivity (Wildman–Crippen MR) is 75.2 cm³/mol. The first-order chi connectivity index (χ1) is 9.68. The molecule has 20 heavy (non-hydrogen) atoms. The monoisotopic (exact) mass is 279 g/mol. The lowest BCUT2D eigenvalue weighted by Gasteiger charge is -2.06. The van der Waals surface area contributed by atoms with Crippen LogP contribution in [0.2, 0.25) is 0 Å². The molecule has 0 aliphatic rings. The van der Waals surface area contributed by atoms with Gasteiger partial charge in [-0.05, 0) is 18.4 Å². The Morgan fingerprint density at radius 1 is 1.10 bits per heavy atom. The van der Waals surface area contributed by atoms with E-state index in [4.69, 9.17) is 9.84 Å². The summed E-state index contributed by atoms with van der Waals surface area (Å²) in [6.07, 6.45) is 1.74. The number of amides is 1. The number of rotatable bonds is 10. The minimum absolute atomic E-state index is 0.0617. The van der Waals surface area contributed by atoms with Crippen molar-refractivity contribution in [1.82, 2.24) is 5.32 Å². The predicted octanol–water partition coefficient (Wildman–Crippen LogP) is 1.96. The van der Waals surface area contributed by atoms with Crippen LogP contribution in [0.3, 0.4) is 0 Å². The number of aliphatic carboxylic acids is 1. The molecule has 0 aromatic heterocycles. The van der Waals surface area contributed by atoms with Gasteiger partial charge in [-0.2, -0.15) is 0 Å². The van der Waals surface area contributed by atoms with Crippen LogP contribution >= 0.6 is 0 Å². The Hall–Kier alpha value is -1.88. The van der Waals surface area contributed by atoms with Crippen molar-refractivity contribution in [3.05, 3.63) is 35.9 Å². The van der Waals surface area contributed by atoms with E-state index < -0.39 is 5.97 Å². The lowest BCUT2D eigenvalue weighted by Crippen LogP contribution is -2.25. The molecular weight excluding hydrogens is 258 g/mol. The van der Waals surface area contributed by atoms with Gasteiger partial charge in [0.2, 0.25) is 5.91 Å². The highest BCUT2D eigenvalue weighted by molar-refractivity contribution is 5.75. The van der Waals surface area contributed by atoms with Crippen LogP contribution in [0.4, 0.5) is 0 Å². The Bertz CT molecular complexity index is 406. The standard InChI is InChI=1S/C15H21NO4/c17-14(16-10-5-4-8-15(18)19)9-11-20-12-13-6-2-1-3-7-13/h1-3,6-7H,4-5,8-12H2,(H,16,17)(H,18,19). The molecule has 2 N–H and O–H groups in total. The Labute approximate surface area is 118 Å². The topological polar surface area (TPSA) is 75.6 Å². The smallest absolute Gasteiger partial charge is 0.303 e. The molecule has 0 saturated heterocycles. The Kier molecular flexibility index (Phi) is 8.07. The third-order valence-corrected chi connectivity index (χ3v) is 2.72. The molecule has 110 valence electrons. The van der Waals surface area contributed by atoms with Gasteiger partial charge < -0.3 is 15.2 Å². The first kappa shape index (κ1) is 16.2. The zero-order valence-corrected chi connectivity index (χ0v) is 11.5. The first-order valence-electron chi connectivity index (χ1n) is 6.78. The molecular formula is C15H21NO4. The van der Waals surface area contributed by atoms with Crippen molar-refractivity contribution in [2.24, 2.45) is 0 Å². The molecule has 1 aromatic rings. The van der Waals surface area contributed by atoms with Gasteiger partial charge in [0.25, 0.3) is 0 Å². The maximum absolute atomic E-state index is 11.4. The van der Waals surface area contributed by atoms with Crippen LogP contribution in [-0.2, 0) is 20.9 Å². The summed E-state index contributed by atoms with van der Waals surface area (Å²) in [6.45, 7) is 1.41. The Morgan fingerprint density at radius 3 is 2.55 bits per heavy atom. The number of unbranched alkanes of at least 4 members (excludes halogenated alkanes) is 1. The molecule has 0 unspecified atom stereocenters. The molecule has 0 heterocycles. The van der Waals surface area contributed by atoms with Crippen LogP contribution in [0.25, 0.3) is 0 Å². The molecule has 0 fully saturated rings. The number of carboxylic acids is 1. The van der Waals surface area contributed by atoms with Crippen LogP contribution in [0.5, 0.6) is 0 Å². The fraction of sp³-hybridized carbons (Fsp3) is 0.467. The van der Waals surface area contributed by atoms with E-state index in [1.807, 2.05) is 30.3 Å². The van der Waals surface area contributed by atoms with Gasteiger partial charge in [0.1, 0.15) is 0 Å². The molecule has 0 aliphatic carbocycles. The van der Waals surface area contributed by atoms with Crippen LogP contribution in [0.15, 0.2) is 30.3 Å². The highest BCUT2D eigenvalue weighted by atomic mass is 16.5. The zero-order chi connectivity index (χ0) is 14.6. The second kappa shape index (κ2) is 9.97. The number of nitrogens with one attached hydrogen (secondary N) is 1. The van der Waals surface area contributed by atoms with E-state index in [0.29, 0.717) is 39.0 Å². The van der Waals surface area contributed by atoms with Gasteiger partial charge in [-0.15, -0.1) is 0 Å². The van der Waals surface area contributed by atoms with Crippen molar-refractivity contribution in [2.45, 2.75) is 32.3 Å². The van der Waals surface area contributed by atoms with Crippen molar-refractivity contribution in [1.29, 1.82) is 0 Å². The highest BCUT2D eigenvalue weighted by Gasteiger charge is 2.01. The van der Waals surface area contributed by atoms with Crippen LogP contribution < -0.4 is 5.32 Å². The third-order valence-electron chi connectivity index (χ3n) is 2.72. The maximum atomic E-state index is 11.4. The summed E-state index contributed by atoms with van der Waals surface area (Å²) >= 11 is 0. The summed E-state index contributed by atoms with van der Waals surface area (Å²) in [5.41, 5.74) is 1.08. The molecule has 0 atom stereocenters. The lowest BCUT2D eigenvalue weighted by atomic mass is 10.2. The molecule has 1 rings (SSSR count). The highest BCUT2D eigenvalue weighted by Crippen LogP contribution is 2.00. The SMILES string of the molecule is O=C(O)CCCCNC(=O)CCOCc1ccccc1. The second-order valence-electron chi connectivity index (χ2n) is 4.49. The van der Waals surface area contributed by atoms with E-state index in [9.17, 15) is 9.59 Å². The number of hydrogen-bond acceptors (Lipinski definition) is 3. The number of carbonyl (C=O) groups is 2. The van der Waals surface area contributed by atoms with E-state index >= 15 is 0 Å². The van der Waals surface area contributed by atoms with E-state index in [2.05, 4.69) is 5.32 Å². The molecule has 0 saturated carbocycles. The van der Waals surface area contributed by atoms with Crippen molar-refractivity contribution in [3.8, 4) is 0 Å². The minimum Gasteiger partial charge on any atom is -0.481 e. The third kappa shape index (κ3) is 8.26. The summed E-state index contributed by atoms with van der Waals surface area (Å²) in [7, 11) is 0. The first-order valence-corrected chi connectivity index (χ1v) is 6.78. The molecule has 1 aromatic carbocycles. The van der Waals surface area contributed by atoms with Gasteiger partial charge in [0.05, 0.1) is 13.2 Å². The zero-order valence-electron chi connectivity index (χ0n) is 11.5. The molecule has 0 radical (unpaired) electrons. The molecule has 0 spiro atoms. The van der Waals surface area contributed by atoms with E-state index in [1.165, 1.54) is 0 Å². The molecule has 0 bridgehead atoms. The molecule has 1 amide bonds. The largest absolute Gasteiger partial charge is 0.481 e. The number of ether oxygens (including phenoxy) is 1. The van der Waals surface area contributed by atoms with Gasteiger partial charge in [0.15, 0.2) is 0 Å². The van der Waals surface area contributed by atoms with Crippen LogP contribution in [-0.4, -0.2) is 30.1 Å². The van der Waals surface area contributed by atoms with Gasteiger partial charge in [-0.1, -0.05) is 30.3 Å². The molecule has 5 heteroatoms. The van der Waals surface area contributed by atoms with Gasteiger partial charge >= 0.3 is 5.97 Å². The lowest BCUT2D eigenvalue weighted by molar-refractivity contribution is -0.137. The van der Waals surface area contributed by atoms with Gasteiger partial charge in [-0.25, -0.2) is 0 Å². The van der Waals surface area contributed by atoms with Crippen molar-refractivity contribution >= 4 is 11.9 Å². The maximum Gasteiger partial charge on any atom is 0.303 e. The van der Waals surface area contributed by atoms with E-state index in [1.54, 1.807) is 0 Å². The summed E-state index contributed by atoms with van der Waals surface area (Å²) in [5, 5.41) is 11.2. The average Bonchev–Trinajstić information content (AvgIpc) is 2.44. The van der Waals surface area contributed by atoms with Crippen LogP contribution in [0.1, 0.15) is 31.2 Å². The number of carboxylic acid groups (broad SMARTS) is 1. The van der Waals surface area contributed by atoms with E-state index in [0.717, 1.165) is 5.56 Å². The second-order valence-corrected chi connectivity index (χ2v) is 4.49. The van der Waals surface area contributed by atoms with Crippen molar-refractivity contribution < 1.29 is 19.4 Å². The molecule has 0 aliphatic heterocycles. The molecule has 5 nitrogen and oxygen atoms in total. The summed E-state index contributed by atoms with van der Waals surface area (Å²) in [5.74, 6) is -0.862. The van der Waals surface area contributed by atoms with Gasteiger partial charge in [0, 0.05) is 19.4 Å². The van der Waals surface area contributed by atoms with Gasteiger partial charge in [-0.3, -0.25) is 9.59 Å². The number of carbonyl (C=O) groups excluding carboxylic acids is 1. The Morgan fingerprint density at radius 2 is 1.85 bits per heavy atom. The summed E-state index contributed by atoms with van der Waals surface area (Å²) in [6, 6.07) is 9.79. The van der Waals surface area contributed by atoms with Crippen molar-refractivity contribution in [2.75, 3.05) is 13.2 Å². The average molecular weight is 279 g/mol. The fourth-order valence-electron chi connectivity index (χ4n) is 1.65. The number of benzene rings is 1. The van der Waals surface area contributed by atoms with Crippen molar-refractivity contribution in [3.63, 3.8) is 0 Å².